The van der Waals surface area contributed by atoms with Crippen LogP contribution in [0.4, 0.5) is 0 Å². The Morgan fingerprint density at radius 2 is 2.11 bits per heavy atom. The quantitative estimate of drug-likeness (QED) is 0.752. The first kappa shape index (κ1) is 10.8. The third-order valence-corrected chi connectivity index (χ3v) is 2.54. The SMILES string of the molecule is CC(=O)c1nc(C2COc3ccccc3O2)no1. The minimum absolute atomic E-state index is 0.0209. The van der Waals surface area contributed by atoms with E-state index in [2.05, 4.69) is 10.1 Å². The van der Waals surface area contributed by atoms with Gasteiger partial charge in [-0.25, -0.2) is 0 Å². The van der Waals surface area contributed by atoms with E-state index in [9.17, 15) is 4.79 Å². The predicted octanol–water partition coefficient (Wildman–Crippen LogP) is 1.78. The smallest absolute Gasteiger partial charge is 0.293 e. The molecule has 92 valence electrons. The van der Waals surface area contributed by atoms with E-state index in [1.165, 1.54) is 6.92 Å². The molecule has 0 aliphatic carbocycles. The molecule has 0 bridgehead atoms. The van der Waals surface area contributed by atoms with Crippen LogP contribution in [-0.2, 0) is 0 Å². The lowest BCUT2D eigenvalue weighted by molar-refractivity contribution is 0.0831. The molecule has 0 spiro atoms. The van der Waals surface area contributed by atoms with Gasteiger partial charge in [-0.2, -0.15) is 4.98 Å². The first-order valence-corrected chi connectivity index (χ1v) is 5.47. The van der Waals surface area contributed by atoms with Crippen molar-refractivity contribution in [1.82, 2.24) is 10.1 Å². The Bertz CT molecular complexity index is 593. The fourth-order valence-corrected chi connectivity index (χ4v) is 1.66. The summed E-state index contributed by atoms with van der Waals surface area (Å²) >= 11 is 0. The lowest BCUT2D eigenvalue weighted by Crippen LogP contribution is -2.22. The van der Waals surface area contributed by atoms with Gasteiger partial charge in [0.15, 0.2) is 17.6 Å². The summed E-state index contributed by atoms with van der Waals surface area (Å²) in [6, 6.07) is 7.34. The van der Waals surface area contributed by atoms with Gasteiger partial charge in [0.05, 0.1) is 0 Å². The summed E-state index contributed by atoms with van der Waals surface area (Å²) in [6.45, 7) is 1.65. The normalized spacial score (nSPS) is 17.5. The Hall–Kier alpha value is -2.37. The van der Waals surface area contributed by atoms with Crippen molar-refractivity contribution in [3.05, 3.63) is 36.0 Å². The highest BCUT2D eigenvalue weighted by atomic mass is 16.6. The molecule has 0 N–H and O–H groups in total. The average Bonchev–Trinajstić information content (AvgIpc) is 2.88. The van der Waals surface area contributed by atoms with Crippen molar-refractivity contribution < 1.29 is 18.8 Å². The minimum atomic E-state index is -0.461. The second-order valence-electron chi connectivity index (χ2n) is 3.88. The van der Waals surface area contributed by atoms with Crippen molar-refractivity contribution >= 4 is 5.78 Å². The Labute approximate surface area is 103 Å². The van der Waals surface area contributed by atoms with Gasteiger partial charge in [0.1, 0.15) is 6.61 Å². The highest BCUT2D eigenvalue weighted by Gasteiger charge is 2.27. The number of carbonyl (C=O) groups excluding carboxylic acids is 1. The number of nitrogens with zero attached hydrogens (tertiary/aromatic N) is 2. The van der Waals surface area contributed by atoms with E-state index in [0.29, 0.717) is 17.3 Å². The molecule has 0 saturated carbocycles. The Morgan fingerprint density at radius 3 is 2.83 bits per heavy atom. The number of ketones is 1. The molecule has 0 radical (unpaired) electrons. The van der Waals surface area contributed by atoms with E-state index in [-0.39, 0.29) is 18.3 Å². The largest absolute Gasteiger partial charge is 0.485 e. The summed E-state index contributed by atoms with van der Waals surface area (Å²) in [7, 11) is 0. The summed E-state index contributed by atoms with van der Waals surface area (Å²) < 4.78 is 16.0. The van der Waals surface area contributed by atoms with Gasteiger partial charge in [0.2, 0.25) is 11.6 Å². The molecule has 3 rings (SSSR count). The maximum Gasteiger partial charge on any atom is 0.293 e. The van der Waals surface area contributed by atoms with Crippen LogP contribution in [0.25, 0.3) is 0 Å². The van der Waals surface area contributed by atoms with Gasteiger partial charge in [-0.1, -0.05) is 17.3 Å². The van der Waals surface area contributed by atoms with Crippen molar-refractivity contribution in [2.75, 3.05) is 6.61 Å². The van der Waals surface area contributed by atoms with Crippen molar-refractivity contribution in [2.24, 2.45) is 0 Å². The molecule has 2 aromatic rings. The van der Waals surface area contributed by atoms with Crippen molar-refractivity contribution in [3.63, 3.8) is 0 Å². The van der Waals surface area contributed by atoms with Crippen LogP contribution in [0, 0.1) is 0 Å². The van der Waals surface area contributed by atoms with Crippen molar-refractivity contribution in [3.8, 4) is 11.5 Å². The minimum Gasteiger partial charge on any atom is -0.485 e. The number of para-hydroxylation sites is 2. The molecule has 6 nitrogen and oxygen atoms in total. The van der Waals surface area contributed by atoms with Crippen LogP contribution in [0.5, 0.6) is 11.5 Å². The van der Waals surface area contributed by atoms with Crippen LogP contribution < -0.4 is 9.47 Å². The van der Waals surface area contributed by atoms with Gasteiger partial charge in [0.25, 0.3) is 5.89 Å². The molecule has 1 aromatic carbocycles. The molecule has 0 amide bonds. The lowest BCUT2D eigenvalue weighted by Gasteiger charge is -2.24. The van der Waals surface area contributed by atoms with Crippen LogP contribution in [0.3, 0.4) is 0 Å². The second-order valence-corrected chi connectivity index (χ2v) is 3.88. The van der Waals surface area contributed by atoms with Gasteiger partial charge >= 0.3 is 0 Å². The molecular formula is C12H10N2O4. The molecule has 1 aliphatic rings. The zero-order chi connectivity index (χ0) is 12.5. The summed E-state index contributed by atoms with van der Waals surface area (Å²) in [5.74, 6) is 1.33. The van der Waals surface area contributed by atoms with Crippen LogP contribution in [0.15, 0.2) is 28.8 Å². The fraction of sp³-hybridized carbons (Fsp3) is 0.250. The van der Waals surface area contributed by atoms with Crippen molar-refractivity contribution in [2.45, 2.75) is 13.0 Å². The number of Topliss-reactive ketones (excluding diaryl/α,β-unsaturated/α-hetero) is 1. The Balaban J connectivity index is 1.85. The standard InChI is InChI=1S/C12H10N2O4/c1-7(15)12-13-11(14-18-12)10-6-16-8-4-2-3-5-9(8)17-10/h2-5,10H,6H2,1H3. The van der Waals surface area contributed by atoms with Gasteiger partial charge in [-0.3, -0.25) is 4.79 Å². The highest BCUT2D eigenvalue weighted by Crippen LogP contribution is 2.34. The molecule has 6 heteroatoms. The molecule has 0 fully saturated rings. The topological polar surface area (TPSA) is 74.5 Å². The van der Waals surface area contributed by atoms with E-state index >= 15 is 0 Å². The molecule has 1 atom stereocenters. The zero-order valence-electron chi connectivity index (χ0n) is 9.62. The van der Waals surface area contributed by atoms with Gasteiger partial charge in [-0.15, -0.1) is 0 Å². The number of benzene rings is 1. The molecule has 0 saturated heterocycles. The van der Waals surface area contributed by atoms with E-state index in [4.69, 9.17) is 14.0 Å². The summed E-state index contributed by atoms with van der Waals surface area (Å²) in [5.41, 5.74) is 0. The molecule has 1 aromatic heterocycles. The number of rotatable bonds is 2. The number of aromatic nitrogens is 2. The zero-order valence-corrected chi connectivity index (χ0v) is 9.62. The van der Waals surface area contributed by atoms with Crippen LogP contribution >= 0.6 is 0 Å². The molecule has 2 heterocycles. The third-order valence-electron chi connectivity index (χ3n) is 2.54. The first-order valence-electron chi connectivity index (χ1n) is 5.47. The number of ether oxygens (including phenoxy) is 2. The summed E-state index contributed by atoms with van der Waals surface area (Å²) in [4.78, 5) is 15.0. The van der Waals surface area contributed by atoms with Gasteiger partial charge < -0.3 is 14.0 Å². The molecular weight excluding hydrogens is 236 g/mol. The monoisotopic (exact) mass is 246 g/mol. The van der Waals surface area contributed by atoms with E-state index in [1.54, 1.807) is 6.07 Å². The van der Waals surface area contributed by atoms with Crippen LogP contribution in [-0.4, -0.2) is 22.5 Å². The lowest BCUT2D eigenvalue weighted by atomic mass is 10.2. The number of hydrogen-bond donors (Lipinski definition) is 0. The second kappa shape index (κ2) is 4.14. The predicted molar refractivity (Wildman–Crippen MR) is 59.6 cm³/mol. The van der Waals surface area contributed by atoms with Gasteiger partial charge in [-0.05, 0) is 12.1 Å². The van der Waals surface area contributed by atoms with Crippen LogP contribution in [0.1, 0.15) is 29.5 Å². The fourth-order valence-electron chi connectivity index (χ4n) is 1.66. The van der Waals surface area contributed by atoms with Crippen LogP contribution in [0.2, 0.25) is 0 Å². The van der Waals surface area contributed by atoms with Gasteiger partial charge in [0, 0.05) is 6.92 Å². The maximum absolute atomic E-state index is 11.1. The molecule has 1 aliphatic heterocycles. The number of hydrogen-bond acceptors (Lipinski definition) is 6. The number of carbonyl (C=O) groups is 1. The molecule has 18 heavy (non-hydrogen) atoms. The van der Waals surface area contributed by atoms with E-state index in [0.717, 1.165) is 0 Å². The summed E-state index contributed by atoms with van der Waals surface area (Å²) in [5, 5.41) is 3.72. The first-order chi connectivity index (χ1) is 8.74. The Kier molecular flexibility index (Phi) is 2.47. The van der Waals surface area contributed by atoms with Crippen molar-refractivity contribution in [1.29, 1.82) is 0 Å². The Morgan fingerprint density at radius 1 is 1.33 bits per heavy atom. The molecule has 1 unspecified atom stereocenters. The number of fused-ring (bicyclic) bond motifs is 1. The third kappa shape index (κ3) is 1.81. The van der Waals surface area contributed by atoms with E-state index in [1.807, 2.05) is 18.2 Å². The summed E-state index contributed by atoms with van der Waals surface area (Å²) in [6.07, 6.45) is -0.461. The highest BCUT2D eigenvalue weighted by molar-refractivity contribution is 5.89. The average molecular weight is 246 g/mol. The van der Waals surface area contributed by atoms with E-state index < -0.39 is 6.10 Å². The maximum atomic E-state index is 11.1.